The first-order valence-corrected chi connectivity index (χ1v) is 8.48. The number of aromatic nitrogens is 1. The highest BCUT2D eigenvalue weighted by Crippen LogP contribution is 2.35. The molecule has 130 valence electrons. The lowest BCUT2D eigenvalue weighted by Gasteiger charge is -2.19. The van der Waals surface area contributed by atoms with Gasteiger partial charge in [0.25, 0.3) is 0 Å². The largest absolute Gasteiger partial charge is 0.399 e. The molecule has 5 heteroatoms. The van der Waals surface area contributed by atoms with Gasteiger partial charge in [0.15, 0.2) is 0 Å². The lowest BCUT2D eigenvalue weighted by molar-refractivity contribution is 0.889. The number of anilines is 3. The van der Waals surface area contributed by atoms with Crippen LogP contribution in [0, 0.1) is 0 Å². The van der Waals surface area contributed by atoms with Crippen molar-refractivity contribution in [2.75, 3.05) is 23.8 Å². The molecule has 1 aromatic heterocycles. The number of nitrogens with one attached hydrogen (secondary N) is 1. The zero-order valence-electron chi connectivity index (χ0n) is 14.5. The van der Waals surface area contributed by atoms with Crippen LogP contribution in [0.25, 0.3) is 21.8 Å². The van der Waals surface area contributed by atoms with Crippen molar-refractivity contribution in [3.8, 4) is 0 Å². The molecule has 7 N–H and O–H groups in total. The third kappa shape index (κ3) is 2.68. The molecule has 1 heterocycles. The first-order chi connectivity index (χ1) is 12.6. The molecular formula is C21H21N5. The fraction of sp³-hybridized carbons (Fsp3) is 0.0952. The van der Waals surface area contributed by atoms with Gasteiger partial charge in [0.05, 0.1) is 17.1 Å². The van der Waals surface area contributed by atoms with Crippen LogP contribution in [-0.2, 0) is 0 Å². The Hall–Kier alpha value is -3.31. The monoisotopic (exact) mass is 343 g/mol. The van der Waals surface area contributed by atoms with Gasteiger partial charge in [0, 0.05) is 34.9 Å². The van der Waals surface area contributed by atoms with Crippen molar-refractivity contribution in [1.82, 2.24) is 4.98 Å². The fourth-order valence-electron chi connectivity index (χ4n) is 3.36. The van der Waals surface area contributed by atoms with Gasteiger partial charge >= 0.3 is 0 Å². The van der Waals surface area contributed by atoms with E-state index in [1.54, 1.807) is 0 Å². The van der Waals surface area contributed by atoms with Gasteiger partial charge in [-0.3, -0.25) is 0 Å². The summed E-state index contributed by atoms with van der Waals surface area (Å²) in [5.74, 6) is 0. The minimum Gasteiger partial charge on any atom is -0.399 e. The normalized spacial score (nSPS) is 12.4. The molecule has 4 rings (SSSR count). The summed E-state index contributed by atoms with van der Waals surface area (Å²) in [4.78, 5) is 4.80. The molecule has 0 radical (unpaired) electrons. The number of hydrogen-bond donors (Lipinski definition) is 4. The second-order valence-electron chi connectivity index (χ2n) is 6.43. The summed E-state index contributed by atoms with van der Waals surface area (Å²) in [7, 11) is 1.89. The molecule has 1 unspecified atom stereocenters. The number of nitrogens with two attached hydrogens (primary N) is 3. The second kappa shape index (κ2) is 6.20. The highest BCUT2D eigenvalue weighted by molar-refractivity contribution is 6.00. The van der Waals surface area contributed by atoms with Crippen molar-refractivity contribution in [2.45, 2.75) is 6.04 Å². The van der Waals surface area contributed by atoms with E-state index >= 15 is 0 Å². The minimum atomic E-state index is -0.298. The molecule has 3 aromatic carbocycles. The Kier molecular flexibility index (Phi) is 3.86. The van der Waals surface area contributed by atoms with Crippen LogP contribution in [0.2, 0.25) is 0 Å². The quantitative estimate of drug-likeness (QED) is 0.336. The van der Waals surface area contributed by atoms with E-state index in [2.05, 4.69) is 11.4 Å². The lowest BCUT2D eigenvalue weighted by Crippen LogP contribution is -2.13. The van der Waals surface area contributed by atoms with Gasteiger partial charge in [-0.25, -0.2) is 4.98 Å². The Morgan fingerprint density at radius 2 is 1.42 bits per heavy atom. The Balaban J connectivity index is 2.04. The van der Waals surface area contributed by atoms with Gasteiger partial charge in [-0.1, -0.05) is 24.3 Å². The summed E-state index contributed by atoms with van der Waals surface area (Å²) in [6.45, 7) is 0. The number of benzene rings is 3. The molecule has 0 saturated carbocycles. The molecule has 0 aliphatic heterocycles. The van der Waals surface area contributed by atoms with E-state index in [0.717, 1.165) is 44.3 Å². The zero-order chi connectivity index (χ0) is 18.3. The van der Waals surface area contributed by atoms with Crippen LogP contribution in [0.4, 0.5) is 17.1 Å². The average Bonchev–Trinajstić information content (AvgIpc) is 2.65. The first kappa shape index (κ1) is 16.2. The van der Waals surface area contributed by atoms with Crippen LogP contribution < -0.4 is 22.5 Å². The summed E-state index contributed by atoms with van der Waals surface area (Å²) in [6.07, 6.45) is 0. The zero-order valence-corrected chi connectivity index (χ0v) is 14.5. The van der Waals surface area contributed by atoms with E-state index in [9.17, 15) is 0 Å². The maximum Gasteiger partial charge on any atom is 0.0733 e. The van der Waals surface area contributed by atoms with E-state index in [1.165, 1.54) is 0 Å². The standard InChI is InChI=1S/C21H21N5/c1-25-15-7-9-17-19(11-15)26-18-10-14(23)6-8-16(18)20(17)21(24)12-2-4-13(22)5-3-12/h2-11,21,25H,22-24H2,1H3. The summed E-state index contributed by atoms with van der Waals surface area (Å²) in [5.41, 5.74) is 24.7. The smallest absolute Gasteiger partial charge is 0.0733 e. The van der Waals surface area contributed by atoms with E-state index in [0.29, 0.717) is 5.69 Å². The predicted molar refractivity (Wildman–Crippen MR) is 110 cm³/mol. The molecule has 0 bridgehead atoms. The van der Waals surface area contributed by atoms with Crippen LogP contribution >= 0.6 is 0 Å². The Morgan fingerprint density at radius 1 is 0.808 bits per heavy atom. The van der Waals surface area contributed by atoms with Gasteiger partial charge in [0.1, 0.15) is 0 Å². The van der Waals surface area contributed by atoms with Crippen LogP contribution in [-0.4, -0.2) is 12.0 Å². The van der Waals surface area contributed by atoms with Gasteiger partial charge in [-0.15, -0.1) is 0 Å². The highest BCUT2D eigenvalue weighted by Gasteiger charge is 2.17. The highest BCUT2D eigenvalue weighted by atomic mass is 14.8. The van der Waals surface area contributed by atoms with Crippen LogP contribution in [0.5, 0.6) is 0 Å². The maximum atomic E-state index is 6.69. The third-order valence-electron chi connectivity index (χ3n) is 4.74. The molecule has 5 nitrogen and oxygen atoms in total. The maximum absolute atomic E-state index is 6.69. The van der Waals surface area contributed by atoms with Crippen molar-refractivity contribution in [1.29, 1.82) is 0 Å². The number of pyridine rings is 1. The Morgan fingerprint density at radius 3 is 2.12 bits per heavy atom. The lowest BCUT2D eigenvalue weighted by atomic mass is 9.92. The molecule has 26 heavy (non-hydrogen) atoms. The number of nitrogen functional groups attached to an aromatic ring is 2. The minimum absolute atomic E-state index is 0.298. The molecule has 0 fully saturated rings. The molecule has 0 saturated heterocycles. The van der Waals surface area contributed by atoms with E-state index in [-0.39, 0.29) is 6.04 Å². The molecule has 4 aromatic rings. The van der Waals surface area contributed by atoms with Gasteiger partial charge in [0.2, 0.25) is 0 Å². The fourth-order valence-corrected chi connectivity index (χ4v) is 3.36. The summed E-state index contributed by atoms with van der Waals surface area (Å²) < 4.78 is 0. The van der Waals surface area contributed by atoms with E-state index in [1.807, 2.05) is 61.6 Å². The molecule has 1 atom stereocenters. The van der Waals surface area contributed by atoms with Crippen LogP contribution in [0.15, 0.2) is 60.7 Å². The van der Waals surface area contributed by atoms with Crippen molar-refractivity contribution in [2.24, 2.45) is 5.73 Å². The number of hydrogen-bond acceptors (Lipinski definition) is 5. The molecule has 0 spiro atoms. The number of nitrogens with zero attached hydrogens (tertiary/aromatic N) is 1. The van der Waals surface area contributed by atoms with E-state index < -0.39 is 0 Å². The summed E-state index contributed by atoms with van der Waals surface area (Å²) in [5, 5.41) is 5.20. The number of fused-ring (bicyclic) bond motifs is 2. The van der Waals surface area contributed by atoms with Crippen molar-refractivity contribution >= 4 is 38.9 Å². The molecule has 0 aliphatic rings. The van der Waals surface area contributed by atoms with Gasteiger partial charge in [-0.05, 0) is 47.5 Å². The van der Waals surface area contributed by atoms with Crippen LogP contribution in [0.3, 0.4) is 0 Å². The molecule has 0 aliphatic carbocycles. The average molecular weight is 343 g/mol. The molecular weight excluding hydrogens is 322 g/mol. The summed E-state index contributed by atoms with van der Waals surface area (Å²) in [6, 6.07) is 19.3. The second-order valence-corrected chi connectivity index (χ2v) is 6.43. The topological polar surface area (TPSA) is 103 Å². The van der Waals surface area contributed by atoms with Gasteiger partial charge in [-0.2, -0.15) is 0 Å². The Bertz CT molecular complexity index is 1100. The van der Waals surface area contributed by atoms with Gasteiger partial charge < -0.3 is 22.5 Å². The van der Waals surface area contributed by atoms with Crippen molar-refractivity contribution < 1.29 is 0 Å². The van der Waals surface area contributed by atoms with E-state index in [4.69, 9.17) is 22.2 Å². The first-order valence-electron chi connectivity index (χ1n) is 8.48. The number of rotatable bonds is 3. The summed E-state index contributed by atoms with van der Waals surface area (Å²) >= 11 is 0. The molecule has 0 amide bonds. The SMILES string of the molecule is CNc1ccc2c(C(N)c3ccc(N)cc3)c3ccc(N)cc3nc2c1. The van der Waals surface area contributed by atoms with Crippen molar-refractivity contribution in [3.05, 3.63) is 71.8 Å². The van der Waals surface area contributed by atoms with Crippen molar-refractivity contribution in [3.63, 3.8) is 0 Å². The predicted octanol–water partition coefficient (Wildman–Crippen LogP) is 3.64. The Labute approximate surface area is 151 Å². The van der Waals surface area contributed by atoms with Crippen LogP contribution in [0.1, 0.15) is 17.2 Å². The third-order valence-corrected chi connectivity index (χ3v) is 4.74.